The first-order valence-electron chi connectivity index (χ1n) is 17.3. The zero-order chi connectivity index (χ0) is 36.2. The number of carbonyl (C=O) groups excluding carboxylic acids is 4. The Labute approximate surface area is 305 Å². The van der Waals surface area contributed by atoms with Gasteiger partial charge in [-0.05, 0) is 53.4 Å². The number of anilines is 2. The summed E-state index contributed by atoms with van der Waals surface area (Å²) in [6, 6.07) is 30.6. The predicted molar refractivity (Wildman–Crippen MR) is 201 cm³/mol. The third-order valence-electron chi connectivity index (χ3n) is 9.39. The van der Waals surface area contributed by atoms with Gasteiger partial charge in [-0.3, -0.25) is 19.4 Å². The van der Waals surface area contributed by atoms with Crippen molar-refractivity contribution >= 4 is 56.1 Å². The summed E-state index contributed by atoms with van der Waals surface area (Å²) in [5.41, 5.74) is 10.6. The van der Waals surface area contributed by atoms with E-state index in [1.54, 1.807) is 39.1 Å². The Balaban J connectivity index is 1.16. The highest BCUT2D eigenvalue weighted by Gasteiger charge is 2.52. The summed E-state index contributed by atoms with van der Waals surface area (Å²) < 4.78 is 0.930. The molecule has 2 atom stereocenters. The van der Waals surface area contributed by atoms with Crippen LogP contribution in [0, 0.1) is 0 Å². The lowest BCUT2D eigenvalue weighted by Crippen LogP contribution is -2.66. The number of amides is 5. The van der Waals surface area contributed by atoms with Gasteiger partial charge < -0.3 is 26.2 Å². The van der Waals surface area contributed by atoms with Crippen LogP contribution in [-0.4, -0.2) is 80.4 Å². The fourth-order valence-corrected chi connectivity index (χ4v) is 7.69. The number of thiazole rings is 1. The number of fused-ring (bicyclic) bond motifs is 2. The van der Waals surface area contributed by atoms with E-state index < -0.39 is 12.2 Å². The summed E-state index contributed by atoms with van der Waals surface area (Å²) in [6.07, 6.45) is 0.344. The molecule has 0 aliphatic carbocycles. The molecule has 266 valence electrons. The number of urea groups is 1. The summed E-state index contributed by atoms with van der Waals surface area (Å²) >= 11 is 1.39. The number of nitrogens with one attached hydrogen (secondary N) is 2. The maximum atomic E-state index is 14.4. The van der Waals surface area contributed by atoms with Crippen LogP contribution in [0.2, 0.25) is 0 Å². The quantitative estimate of drug-likeness (QED) is 0.173. The van der Waals surface area contributed by atoms with E-state index in [0.29, 0.717) is 35.9 Å². The van der Waals surface area contributed by atoms with Crippen molar-refractivity contribution in [3.8, 4) is 0 Å². The molecule has 13 heteroatoms. The van der Waals surface area contributed by atoms with Crippen LogP contribution < -0.4 is 16.4 Å². The smallest absolute Gasteiger partial charge is 0.332 e. The first-order chi connectivity index (χ1) is 25.3. The van der Waals surface area contributed by atoms with Gasteiger partial charge in [0, 0.05) is 37.3 Å². The van der Waals surface area contributed by atoms with E-state index in [0.717, 1.165) is 26.9 Å². The predicted octanol–water partition coefficient (Wildman–Crippen LogP) is 5.09. The summed E-state index contributed by atoms with van der Waals surface area (Å²) in [6.45, 7) is 3.15. The van der Waals surface area contributed by atoms with Gasteiger partial charge in [0.05, 0.1) is 23.3 Å². The molecule has 0 bridgehead atoms. The van der Waals surface area contributed by atoms with Gasteiger partial charge in [0.25, 0.3) is 5.91 Å². The number of piperazine rings is 1. The van der Waals surface area contributed by atoms with Crippen LogP contribution in [0.1, 0.15) is 40.4 Å². The average molecular weight is 717 g/mol. The van der Waals surface area contributed by atoms with Gasteiger partial charge >= 0.3 is 6.03 Å². The standard InChI is InChI=1S/C39H40N8O4S/c1-2-20-45(39(51)41-22-27-10-5-3-6-11-27)46-25-34(48)47-31(21-26-16-18-30(19-17-26)42-36(49)28-12-7-4-8-13-28)37(50)44(24-33(46)47)23-29-14-9-15-32-35(29)43-38(40)52-32/h3-19,31,33H,2,20-25H2,1H3,(H2,40,43)(H,41,51)(H,42,49)/t31-,33+/m0/s1. The summed E-state index contributed by atoms with van der Waals surface area (Å²) in [4.78, 5) is 62.8. The number of nitrogens with zero attached hydrogens (tertiary/aromatic N) is 5. The van der Waals surface area contributed by atoms with Crippen LogP contribution in [0.5, 0.6) is 0 Å². The van der Waals surface area contributed by atoms with E-state index in [4.69, 9.17) is 5.73 Å². The molecule has 5 aromatic rings. The number of benzene rings is 4. The van der Waals surface area contributed by atoms with E-state index in [1.807, 2.05) is 90.8 Å². The molecule has 0 radical (unpaired) electrons. The fraction of sp³-hybridized carbons (Fsp3) is 0.256. The second kappa shape index (κ2) is 15.2. The molecule has 2 fully saturated rings. The molecular weight excluding hydrogens is 677 g/mol. The van der Waals surface area contributed by atoms with Crippen LogP contribution >= 0.6 is 11.3 Å². The van der Waals surface area contributed by atoms with E-state index in [9.17, 15) is 19.2 Å². The molecule has 0 spiro atoms. The number of rotatable bonds is 11. The number of para-hydroxylation sites is 1. The highest BCUT2D eigenvalue weighted by molar-refractivity contribution is 7.22. The monoisotopic (exact) mass is 716 g/mol. The molecule has 4 N–H and O–H groups in total. The van der Waals surface area contributed by atoms with Crippen LogP contribution in [-0.2, 0) is 29.1 Å². The largest absolute Gasteiger partial charge is 0.375 e. The molecular formula is C39H40N8O4S. The number of nitrogen functional groups attached to an aromatic ring is 1. The van der Waals surface area contributed by atoms with E-state index in [1.165, 1.54) is 11.3 Å². The average Bonchev–Trinajstić information content (AvgIpc) is 3.71. The Morgan fingerprint density at radius 2 is 1.65 bits per heavy atom. The number of hydrogen-bond acceptors (Lipinski definition) is 8. The zero-order valence-corrected chi connectivity index (χ0v) is 29.6. The van der Waals surface area contributed by atoms with Gasteiger partial charge in [-0.2, -0.15) is 5.01 Å². The Bertz CT molecular complexity index is 2070. The van der Waals surface area contributed by atoms with Crippen molar-refractivity contribution in [3.05, 3.63) is 125 Å². The van der Waals surface area contributed by atoms with Gasteiger partial charge in [0.15, 0.2) is 5.13 Å². The number of hydrogen-bond donors (Lipinski definition) is 3. The molecule has 2 aliphatic heterocycles. The lowest BCUT2D eigenvalue weighted by atomic mass is 9.99. The summed E-state index contributed by atoms with van der Waals surface area (Å²) in [5.74, 6) is -0.636. The van der Waals surface area contributed by atoms with Crippen LogP contribution in [0.4, 0.5) is 15.6 Å². The molecule has 5 amide bonds. The number of aromatic nitrogens is 1. The highest BCUT2D eigenvalue weighted by Crippen LogP contribution is 2.32. The minimum absolute atomic E-state index is 0.0380. The van der Waals surface area contributed by atoms with Crippen molar-refractivity contribution in [2.24, 2.45) is 0 Å². The maximum absolute atomic E-state index is 14.4. The lowest BCUT2D eigenvalue weighted by molar-refractivity contribution is -0.157. The minimum Gasteiger partial charge on any atom is -0.375 e. The van der Waals surface area contributed by atoms with Crippen LogP contribution in [0.3, 0.4) is 0 Å². The number of nitrogens with two attached hydrogens (primary N) is 1. The molecule has 3 heterocycles. The molecule has 0 saturated carbocycles. The van der Waals surface area contributed by atoms with Crippen LogP contribution in [0.15, 0.2) is 103 Å². The number of hydrazine groups is 1. The minimum atomic E-state index is -0.823. The molecule has 0 unspecified atom stereocenters. The summed E-state index contributed by atoms with van der Waals surface area (Å²) in [7, 11) is 0. The van der Waals surface area contributed by atoms with Gasteiger partial charge in [-0.25, -0.2) is 9.78 Å². The fourth-order valence-electron chi connectivity index (χ4n) is 6.91. The zero-order valence-electron chi connectivity index (χ0n) is 28.8. The Morgan fingerprint density at radius 1 is 0.923 bits per heavy atom. The van der Waals surface area contributed by atoms with Gasteiger partial charge in [0.2, 0.25) is 11.8 Å². The highest BCUT2D eigenvalue weighted by atomic mass is 32.1. The molecule has 2 aliphatic rings. The van der Waals surface area contributed by atoms with Crippen molar-refractivity contribution in [1.29, 1.82) is 0 Å². The topological polar surface area (TPSA) is 144 Å². The molecule has 2 saturated heterocycles. The second-order valence-electron chi connectivity index (χ2n) is 12.9. The Morgan fingerprint density at radius 3 is 2.38 bits per heavy atom. The van der Waals surface area contributed by atoms with Crippen molar-refractivity contribution in [3.63, 3.8) is 0 Å². The van der Waals surface area contributed by atoms with Crippen molar-refractivity contribution in [1.82, 2.24) is 30.1 Å². The van der Waals surface area contributed by atoms with Gasteiger partial charge in [0.1, 0.15) is 12.2 Å². The summed E-state index contributed by atoms with van der Waals surface area (Å²) in [5, 5.41) is 9.80. The van der Waals surface area contributed by atoms with E-state index in [2.05, 4.69) is 15.6 Å². The Hall–Kier alpha value is -5.79. The molecule has 1 aromatic heterocycles. The second-order valence-corrected chi connectivity index (χ2v) is 14.0. The maximum Gasteiger partial charge on any atom is 0.332 e. The molecule has 7 rings (SSSR count). The van der Waals surface area contributed by atoms with Crippen LogP contribution in [0.25, 0.3) is 10.2 Å². The third kappa shape index (κ3) is 7.32. The van der Waals surface area contributed by atoms with Crippen molar-refractivity contribution in [2.75, 3.05) is 30.7 Å². The first-order valence-corrected chi connectivity index (χ1v) is 18.2. The molecule has 52 heavy (non-hydrogen) atoms. The number of carbonyl (C=O) groups is 4. The molecule has 4 aromatic carbocycles. The molecule has 12 nitrogen and oxygen atoms in total. The normalized spacial score (nSPS) is 17.3. The van der Waals surface area contributed by atoms with Gasteiger partial charge in [-0.15, -0.1) is 0 Å². The van der Waals surface area contributed by atoms with E-state index in [-0.39, 0.29) is 49.8 Å². The lowest BCUT2D eigenvalue weighted by Gasteiger charge is -2.46. The Kier molecular flexibility index (Phi) is 10.1. The van der Waals surface area contributed by atoms with E-state index >= 15 is 0 Å². The van der Waals surface area contributed by atoms with Gasteiger partial charge in [-0.1, -0.05) is 91.1 Å². The van der Waals surface area contributed by atoms with Crippen molar-refractivity contribution in [2.45, 2.75) is 45.1 Å². The third-order valence-corrected chi connectivity index (χ3v) is 10.2. The van der Waals surface area contributed by atoms with Crippen molar-refractivity contribution < 1.29 is 19.2 Å². The first kappa shape index (κ1) is 34.6. The SMILES string of the molecule is CCCN(C(=O)NCc1ccccc1)N1CC(=O)N2[C@@H](Cc3ccc(NC(=O)c4ccccc4)cc3)C(=O)N(Cc3cccc4sc(N)nc34)C[C@@H]21.